The Kier molecular flexibility index (Phi) is 11.5. The Balaban J connectivity index is 0.00000481. The molecule has 7 nitrogen and oxygen atoms in total. The lowest BCUT2D eigenvalue weighted by Gasteiger charge is -2.22. The van der Waals surface area contributed by atoms with E-state index in [-0.39, 0.29) is 36.3 Å². The average molecular weight is 563 g/mol. The van der Waals surface area contributed by atoms with Crippen molar-refractivity contribution < 1.29 is 13.2 Å². The zero-order chi connectivity index (χ0) is 26.3. The summed E-state index contributed by atoms with van der Waals surface area (Å²) < 4.78 is 28.4. The molecule has 1 amide bonds. The number of amides is 1. The molecule has 0 aliphatic rings. The summed E-state index contributed by atoms with van der Waals surface area (Å²) in [4.78, 5) is 22.3. The van der Waals surface area contributed by atoms with Gasteiger partial charge in [0.05, 0.1) is 15.1 Å². The zero-order valence-corrected chi connectivity index (χ0v) is 24.0. The van der Waals surface area contributed by atoms with Gasteiger partial charge in [0.15, 0.2) is 5.13 Å². The molecule has 1 heterocycles. The fourth-order valence-electron chi connectivity index (χ4n) is 3.75. The Labute approximate surface area is 230 Å². The first-order valence-corrected chi connectivity index (χ1v) is 14.1. The van der Waals surface area contributed by atoms with Gasteiger partial charge >= 0.3 is 0 Å². The number of fused-ring (bicyclic) bond motifs is 1. The molecular weight excluding hydrogens is 528 g/mol. The predicted octanol–water partition coefficient (Wildman–Crippen LogP) is 5.24. The molecule has 0 spiro atoms. The topological polar surface area (TPSA) is 73.8 Å². The van der Waals surface area contributed by atoms with E-state index in [9.17, 15) is 13.2 Å². The second kappa shape index (κ2) is 13.8. The zero-order valence-electron chi connectivity index (χ0n) is 21.6. The van der Waals surface area contributed by atoms with Gasteiger partial charge in [-0.2, -0.15) is 4.31 Å². The highest BCUT2D eigenvalue weighted by atomic mass is 35.5. The van der Waals surface area contributed by atoms with Crippen LogP contribution in [0.3, 0.4) is 0 Å². The quantitative estimate of drug-likeness (QED) is 0.266. The van der Waals surface area contributed by atoms with Crippen molar-refractivity contribution in [3.63, 3.8) is 0 Å². The number of carbonyl (C=O) groups is 1. The van der Waals surface area contributed by atoms with Crippen molar-refractivity contribution in [3.8, 4) is 0 Å². The molecule has 0 aliphatic carbocycles. The molecule has 0 saturated heterocycles. The van der Waals surface area contributed by atoms with Crippen molar-refractivity contribution in [2.24, 2.45) is 0 Å². The number of thiazole rings is 1. The molecule has 2 aromatic carbocycles. The third-order valence-electron chi connectivity index (χ3n) is 5.72. The smallest absolute Gasteiger partial charge is 0.260 e. The van der Waals surface area contributed by atoms with Crippen LogP contribution < -0.4 is 4.90 Å². The van der Waals surface area contributed by atoms with Gasteiger partial charge in [0.2, 0.25) is 10.0 Å². The lowest BCUT2D eigenvalue weighted by Crippen LogP contribution is -2.33. The van der Waals surface area contributed by atoms with Crippen LogP contribution >= 0.6 is 23.7 Å². The highest BCUT2D eigenvalue weighted by molar-refractivity contribution is 7.89. The van der Waals surface area contributed by atoms with E-state index in [1.165, 1.54) is 45.5 Å². The number of anilines is 1. The molecule has 3 rings (SSSR count). The van der Waals surface area contributed by atoms with Gasteiger partial charge in [0, 0.05) is 25.2 Å². The monoisotopic (exact) mass is 562 g/mol. The van der Waals surface area contributed by atoms with Gasteiger partial charge in [0.1, 0.15) is 0 Å². The van der Waals surface area contributed by atoms with Crippen molar-refractivity contribution in [2.45, 2.75) is 24.7 Å². The van der Waals surface area contributed by atoms with Crippen LogP contribution in [0.15, 0.2) is 72.7 Å². The summed E-state index contributed by atoms with van der Waals surface area (Å²) in [6.45, 7) is 11.1. The minimum atomic E-state index is -3.74. The molecule has 0 unspecified atom stereocenters. The van der Waals surface area contributed by atoms with Gasteiger partial charge in [-0.1, -0.05) is 36.5 Å². The SMILES string of the molecule is C=CCN(CC=C)S(=O)(=O)c1ccc(C(=O)N(CCCN(C)C)c2nc3ccc(CC)cc3s2)cc1.Cl. The summed E-state index contributed by atoms with van der Waals surface area (Å²) >= 11 is 1.50. The van der Waals surface area contributed by atoms with Gasteiger partial charge in [-0.3, -0.25) is 9.69 Å². The number of rotatable bonds is 13. The van der Waals surface area contributed by atoms with E-state index in [0.29, 0.717) is 17.2 Å². The molecule has 1 aromatic heterocycles. The average Bonchev–Trinajstić information content (AvgIpc) is 3.29. The van der Waals surface area contributed by atoms with Crippen LogP contribution in [0.25, 0.3) is 10.2 Å². The van der Waals surface area contributed by atoms with E-state index >= 15 is 0 Å². The molecule has 200 valence electrons. The number of aromatic nitrogens is 1. The van der Waals surface area contributed by atoms with Crippen LogP contribution in [0.2, 0.25) is 0 Å². The first kappa shape index (κ1) is 30.7. The number of hydrogen-bond donors (Lipinski definition) is 0. The molecule has 0 fully saturated rings. The van der Waals surface area contributed by atoms with Crippen molar-refractivity contribution in [3.05, 3.63) is 78.9 Å². The molecular formula is C27H35ClN4O3S2. The van der Waals surface area contributed by atoms with Gasteiger partial charge in [-0.05, 0) is 75.4 Å². The van der Waals surface area contributed by atoms with E-state index < -0.39 is 10.0 Å². The van der Waals surface area contributed by atoms with Gasteiger partial charge in [-0.15, -0.1) is 25.6 Å². The molecule has 0 bridgehead atoms. The van der Waals surface area contributed by atoms with E-state index in [1.54, 1.807) is 17.0 Å². The number of halogens is 1. The number of benzene rings is 2. The van der Waals surface area contributed by atoms with E-state index in [4.69, 9.17) is 4.98 Å². The van der Waals surface area contributed by atoms with Gasteiger partial charge < -0.3 is 4.90 Å². The minimum absolute atomic E-state index is 0. The Bertz CT molecular complexity index is 1310. The summed E-state index contributed by atoms with van der Waals surface area (Å²) in [6, 6.07) is 12.3. The predicted molar refractivity (Wildman–Crippen MR) is 157 cm³/mol. The van der Waals surface area contributed by atoms with Crippen molar-refractivity contribution in [2.75, 3.05) is 45.2 Å². The Morgan fingerprint density at radius 3 is 2.24 bits per heavy atom. The Morgan fingerprint density at radius 1 is 1.03 bits per heavy atom. The third kappa shape index (κ3) is 7.49. The molecule has 0 saturated carbocycles. The van der Waals surface area contributed by atoms with Gasteiger partial charge in [-0.25, -0.2) is 13.4 Å². The number of aryl methyl sites for hydroxylation is 1. The van der Waals surface area contributed by atoms with E-state index in [2.05, 4.69) is 37.1 Å². The van der Waals surface area contributed by atoms with Crippen molar-refractivity contribution in [1.82, 2.24) is 14.2 Å². The second-order valence-electron chi connectivity index (χ2n) is 8.69. The fourth-order valence-corrected chi connectivity index (χ4v) is 6.19. The molecule has 0 N–H and O–H groups in total. The first-order valence-electron chi connectivity index (χ1n) is 11.9. The number of carbonyl (C=O) groups excluding carboxylic acids is 1. The maximum absolute atomic E-state index is 13.6. The fraction of sp³-hybridized carbons (Fsp3) is 0.333. The molecule has 0 aliphatic heterocycles. The minimum Gasteiger partial charge on any atom is -0.309 e. The van der Waals surface area contributed by atoms with E-state index in [1.807, 2.05) is 20.2 Å². The van der Waals surface area contributed by atoms with Crippen LogP contribution in [-0.4, -0.2) is 68.8 Å². The van der Waals surface area contributed by atoms with Crippen molar-refractivity contribution in [1.29, 1.82) is 0 Å². The highest BCUT2D eigenvalue weighted by Gasteiger charge is 2.25. The molecule has 10 heteroatoms. The van der Waals surface area contributed by atoms with Crippen molar-refractivity contribution >= 4 is 55.0 Å². The van der Waals surface area contributed by atoms with Crippen LogP contribution in [0.5, 0.6) is 0 Å². The maximum Gasteiger partial charge on any atom is 0.260 e. The number of nitrogens with zero attached hydrogens (tertiary/aromatic N) is 4. The normalized spacial score (nSPS) is 11.5. The van der Waals surface area contributed by atoms with Gasteiger partial charge in [0.25, 0.3) is 5.91 Å². The van der Waals surface area contributed by atoms with Crippen LogP contribution in [0.4, 0.5) is 5.13 Å². The van der Waals surface area contributed by atoms with Crippen LogP contribution in [-0.2, 0) is 16.4 Å². The Hall–Kier alpha value is -2.56. The molecule has 3 aromatic rings. The summed E-state index contributed by atoms with van der Waals surface area (Å²) in [5.41, 5.74) is 2.50. The molecule has 0 atom stereocenters. The maximum atomic E-state index is 13.6. The lowest BCUT2D eigenvalue weighted by molar-refractivity contribution is 0.0986. The third-order valence-corrected chi connectivity index (χ3v) is 8.60. The summed E-state index contributed by atoms with van der Waals surface area (Å²) in [7, 11) is 0.257. The molecule has 37 heavy (non-hydrogen) atoms. The van der Waals surface area contributed by atoms with Crippen LogP contribution in [0.1, 0.15) is 29.3 Å². The van der Waals surface area contributed by atoms with Crippen LogP contribution in [0, 0.1) is 0 Å². The number of hydrogen-bond acceptors (Lipinski definition) is 6. The standard InChI is InChI=1S/C27H34N4O3S2.ClH/c1-6-16-30(17-7-2)36(33,34)23-13-11-22(12-14-23)26(32)31(19-9-18-29(4)5)27-28-24-15-10-21(8-3)20-25(24)35-27;/h6-7,10-15,20H,1-2,8-9,16-19H2,3-5H3;1H. The summed E-state index contributed by atoms with van der Waals surface area (Å²) in [5.74, 6) is -0.207. The largest absolute Gasteiger partial charge is 0.309 e. The second-order valence-corrected chi connectivity index (χ2v) is 11.6. The Morgan fingerprint density at radius 2 is 1.68 bits per heavy atom. The summed E-state index contributed by atoms with van der Waals surface area (Å²) in [6.07, 6.45) is 4.78. The highest BCUT2D eigenvalue weighted by Crippen LogP contribution is 2.31. The summed E-state index contributed by atoms with van der Waals surface area (Å²) in [5, 5.41) is 0.641. The lowest BCUT2D eigenvalue weighted by atomic mass is 10.2. The number of sulfonamides is 1. The first-order chi connectivity index (χ1) is 17.2. The van der Waals surface area contributed by atoms with E-state index in [0.717, 1.165) is 29.6 Å². The molecule has 0 radical (unpaired) electrons.